The quantitative estimate of drug-likeness (QED) is 0.183. The third kappa shape index (κ3) is 7.86. The van der Waals surface area contributed by atoms with Gasteiger partial charge in [0.15, 0.2) is 5.82 Å². The topological polar surface area (TPSA) is 146 Å². The van der Waals surface area contributed by atoms with Gasteiger partial charge in [-0.05, 0) is 108 Å². The van der Waals surface area contributed by atoms with Crippen LogP contribution >= 0.6 is 0 Å². The lowest BCUT2D eigenvalue weighted by Crippen LogP contribution is -2.65. The SMILES string of the molecule is Cc1nc(N(C(=O)OC(C)(C)C)C(=O)OC(C)(C)C)cc(-c2nc3c4c(nc(C5COC5)c(C)c4c2F)N2C[C@H]4CC[C@@H]([C@H]2[C@H](C)O3)N4C(=O)OC(C)(C)C)c1C(F)(F)F. The average molecular weight is 845 g/mol. The number of halogens is 4. The van der Waals surface area contributed by atoms with Crippen LogP contribution in [0, 0.1) is 19.7 Å². The Morgan fingerprint density at radius 3 is 1.98 bits per heavy atom. The van der Waals surface area contributed by atoms with Crippen molar-refractivity contribution in [1.82, 2.24) is 19.9 Å². The molecule has 0 aliphatic carbocycles. The highest BCUT2D eigenvalue weighted by atomic mass is 19.4. The number of piperazine rings is 1. The van der Waals surface area contributed by atoms with Crippen molar-refractivity contribution < 1.29 is 55.6 Å². The van der Waals surface area contributed by atoms with Gasteiger partial charge in [-0.3, -0.25) is 4.90 Å². The second-order valence-electron chi connectivity index (χ2n) is 18.9. The van der Waals surface area contributed by atoms with Crippen molar-refractivity contribution in [3.05, 3.63) is 34.4 Å². The lowest BCUT2D eigenvalue weighted by atomic mass is 9.93. The first-order valence-corrected chi connectivity index (χ1v) is 20.1. The number of rotatable bonds is 3. The molecule has 3 aromatic heterocycles. The summed E-state index contributed by atoms with van der Waals surface area (Å²) in [7, 11) is 0. The molecule has 3 aromatic rings. The highest BCUT2D eigenvalue weighted by Crippen LogP contribution is 2.50. The Morgan fingerprint density at radius 2 is 1.45 bits per heavy atom. The molecule has 3 saturated heterocycles. The van der Waals surface area contributed by atoms with E-state index in [0.29, 0.717) is 54.6 Å². The number of pyridine rings is 3. The van der Waals surface area contributed by atoms with Crippen LogP contribution in [0.15, 0.2) is 6.07 Å². The van der Waals surface area contributed by atoms with E-state index in [1.165, 1.54) is 0 Å². The molecule has 3 amide bonds. The summed E-state index contributed by atoms with van der Waals surface area (Å²) < 4.78 is 92.3. The Hall–Kier alpha value is -5.00. The van der Waals surface area contributed by atoms with E-state index in [-0.39, 0.29) is 28.6 Å². The summed E-state index contributed by atoms with van der Waals surface area (Å²) in [4.78, 5) is 58.8. The van der Waals surface area contributed by atoms with Gasteiger partial charge in [-0.1, -0.05) is 0 Å². The number of imide groups is 1. The van der Waals surface area contributed by atoms with Crippen LogP contribution in [0.25, 0.3) is 22.0 Å². The van der Waals surface area contributed by atoms with Gasteiger partial charge in [0, 0.05) is 23.4 Å². The summed E-state index contributed by atoms with van der Waals surface area (Å²) in [5, 5.41) is 0.109. The van der Waals surface area contributed by atoms with Crippen LogP contribution in [0.5, 0.6) is 5.88 Å². The standard InChI is InChI=1S/C42H52F4N6O8/c1-19-27-28-34(48-31(19)22-17-56-18-22)50-16-23-13-14-25(51(23)36(53)58-39(4,5)6)33(50)21(3)57-35(28)49-32(30(27)43)24-15-26(47-20(2)29(24)42(44,45)46)52(37(54)59-40(7,8)9)38(55)60-41(10,11)12/h15,21-23,25,33H,13-14,16-18H2,1-12H3/t21-,23+,25-,33+/m0/s1. The number of amides is 3. The van der Waals surface area contributed by atoms with E-state index in [9.17, 15) is 14.4 Å². The Bertz CT molecular complexity index is 2230. The fourth-order valence-electron chi connectivity index (χ4n) is 8.56. The van der Waals surface area contributed by atoms with Crippen molar-refractivity contribution in [2.45, 2.75) is 149 Å². The summed E-state index contributed by atoms with van der Waals surface area (Å²) in [6.07, 6.45) is -7.61. The highest BCUT2D eigenvalue weighted by molar-refractivity contribution is 6.09. The molecule has 3 fully saturated rings. The number of ether oxygens (including phenoxy) is 5. The zero-order chi connectivity index (χ0) is 44.2. The van der Waals surface area contributed by atoms with Gasteiger partial charge in [0.1, 0.15) is 40.2 Å². The minimum absolute atomic E-state index is 0.0584. The first-order chi connectivity index (χ1) is 27.6. The van der Waals surface area contributed by atoms with Crippen molar-refractivity contribution in [1.29, 1.82) is 0 Å². The van der Waals surface area contributed by atoms with Gasteiger partial charge in [-0.2, -0.15) is 18.1 Å². The van der Waals surface area contributed by atoms with Crippen LogP contribution in [0.2, 0.25) is 0 Å². The third-order valence-electron chi connectivity index (χ3n) is 10.8. The van der Waals surface area contributed by atoms with Gasteiger partial charge in [0.25, 0.3) is 0 Å². The normalized spacial score (nSPS) is 21.8. The second kappa shape index (κ2) is 14.6. The third-order valence-corrected chi connectivity index (χ3v) is 10.8. The molecule has 7 rings (SSSR count). The molecule has 14 nitrogen and oxygen atoms in total. The number of fused-ring (bicyclic) bond motifs is 5. The number of aryl methyl sites for hydroxylation is 2. The van der Waals surface area contributed by atoms with E-state index in [0.717, 1.165) is 13.0 Å². The number of aromatic nitrogens is 3. The summed E-state index contributed by atoms with van der Waals surface area (Å²) in [6.45, 7) is 20.0. The van der Waals surface area contributed by atoms with Crippen molar-refractivity contribution >= 4 is 40.7 Å². The molecule has 0 N–H and O–H groups in total. The number of carbonyl (C=O) groups is 3. The van der Waals surface area contributed by atoms with Crippen molar-refractivity contribution in [2.24, 2.45) is 0 Å². The molecule has 0 radical (unpaired) electrons. The summed E-state index contributed by atoms with van der Waals surface area (Å²) in [5.41, 5.74) is -5.78. The van der Waals surface area contributed by atoms with E-state index >= 15 is 17.6 Å². The number of hydrogen-bond acceptors (Lipinski definition) is 12. The Morgan fingerprint density at radius 1 is 0.850 bits per heavy atom. The molecule has 0 unspecified atom stereocenters. The Balaban J connectivity index is 1.47. The smallest absolute Gasteiger partial charge is 0.425 e. The largest absolute Gasteiger partial charge is 0.472 e. The number of hydrogen-bond donors (Lipinski definition) is 0. The molecule has 0 saturated carbocycles. The lowest BCUT2D eigenvalue weighted by Gasteiger charge is -2.48. The minimum Gasteiger partial charge on any atom is -0.472 e. The Labute approximate surface area is 345 Å². The first-order valence-electron chi connectivity index (χ1n) is 20.1. The van der Waals surface area contributed by atoms with E-state index < -0.39 is 93.6 Å². The molecule has 326 valence electrons. The number of alkyl halides is 3. The number of carbonyl (C=O) groups excluding carboxylic acids is 3. The Kier molecular flexibility index (Phi) is 10.5. The molecule has 0 aromatic carbocycles. The zero-order valence-corrected chi connectivity index (χ0v) is 36.0. The monoisotopic (exact) mass is 844 g/mol. The molecule has 2 bridgehead atoms. The predicted octanol–water partition coefficient (Wildman–Crippen LogP) is 8.99. The van der Waals surface area contributed by atoms with Gasteiger partial charge in [-0.25, -0.2) is 33.7 Å². The van der Waals surface area contributed by atoms with E-state index in [1.54, 1.807) is 81.1 Å². The first kappa shape index (κ1) is 43.1. The molecule has 7 heterocycles. The van der Waals surface area contributed by atoms with Gasteiger partial charge in [-0.15, -0.1) is 0 Å². The van der Waals surface area contributed by atoms with Crippen molar-refractivity contribution in [3.8, 4) is 17.1 Å². The van der Waals surface area contributed by atoms with Gasteiger partial charge < -0.3 is 28.6 Å². The van der Waals surface area contributed by atoms with Gasteiger partial charge in [0.2, 0.25) is 5.88 Å². The molecule has 0 spiro atoms. The molecule has 4 aliphatic heterocycles. The average Bonchev–Trinajstić information content (AvgIpc) is 3.29. The van der Waals surface area contributed by atoms with Crippen LogP contribution in [0.4, 0.5) is 43.6 Å². The van der Waals surface area contributed by atoms with Gasteiger partial charge >= 0.3 is 24.5 Å². The molecule has 60 heavy (non-hydrogen) atoms. The molecule has 4 atom stereocenters. The molecular weight excluding hydrogens is 792 g/mol. The molecule has 18 heteroatoms. The van der Waals surface area contributed by atoms with Crippen LogP contribution in [0.3, 0.4) is 0 Å². The summed E-state index contributed by atoms with van der Waals surface area (Å²) >= 11 is 0. The summed E-state index contributed by atoms with van der Waals surface area (Å²) in [5.74, 6) is -1.80. The maximum atomic E-state index is 17.8. The lowest BCUT2D eigenvalue weighted by molar-refractivity contribution is -0.137. The predicted molar refractivity (Wildman–Crippen MR) is 212 cm³/mol. The molecule has 4 aliphatic rings. The fourth-order valence-corrected chi connectivity index (χ4v) is 8.56. The zero-order valence-electron chi connectivity index (χ0n) is 36.0. The van der Waals surface area contributed by atoms with Gasteiger partial charge in [0.05, 0.1) is 53.7 Å². The number of anilines is 2. The van der Waals surface area contributed by atoms with Crippen LogP contribution in [-0.4, -0.2) is 98.9 Å². The van der Waals surface area contributed by atoms with Crippen LogP contribution < -0.4 is 14.5 Å². The van der Waals surface area contributed by atoms with Crippen molar-refractivity contribution in [3.63, 3.8) is 0 Å². The van der Waals surface area contributed by atoms with Crippen LogP contribution in [0.1, 0.15) is 111 Å². The number of nitrogens with zero attached hydrogens (tertiary/aromatic N) is 6. The van der Waals surface area contributed by atoms with E-state index in [2.05, 4.69) is 9.97 Å². The summed E-state index contributed by atoms with van der Waals surface area (Å²) in [6, 6.07) is -0.425. The maximum absolute atomic E-state index is 17.8. The highest BCUT2D eigenvalue weighted by Gasteiger charge is 2.54. The fraction of sp³-hybridized carbons (Fsp3) is 0.619. The second-order valence-corrected chi connectivity index (χ2v) is 18.9. The van der Waals surface area contributed by atoms with Crippen molar-refractivity contribution in [2.75, 3.05) is 29.6 Å². The maximum Gasteiger partial charge on any atom is 0.425 e. The van der Waals surface area contributed by atoms with Crippen LogP contribution in [-0.2, 0) is 25.1 Å². The van der Waals surface area contributed by atoms with E-state index in [1.807, 2.05) is 4.90 Å². The molecular formula is C42H52F4N6O8. The minimum atomic E-state index is -5.11. The van der Waals surface area contributed by atoms with E-state index in [4.69, 9.17) is 28.7 Å².